The molecule has 4 nitrogen and oxygen atoms in total. The predicted octanol–water partition coefficient (Wildman–Crippen LogP) is 1.93. The molecule has 0 aromatic carbocycles. The standard InChI is InChI=1S/C15H24N2O2S/c18-13-6-9-17(11-12-5-4-10-20-12)14(19)15(16-13)7-2-1-3-8-15/h12H,1-11H2,(H,16,18). The van der Waals surface area contributed by atoms with Gasteiger partial charge in [0.15, 0.2) is 0 Å². The van der Waals surface area contributed by atoms with Crippen LogP contribution in [0.4, 0.5) is 0 Å². The Morgan fingerprint density at radius 2 is 2.00 bits per heavy atom. The number of hydrogen-bond acceptors (Lipinski definition) is 3. The summed E-state index contributed by atoms with van der Waals surface area (Å²) >= 11 is 1.98. The van der Waals surface area contributed by atoms with E-state index >= 15 is 0 Å². The van der Waals surface area contributed by atoms with Gasteiger partial charge in [0.2, 0.25) is 11.8 Å². The van der Waals surface area contributed by atoms with Crippen LogP contribution in [0.15, 0.2) is 0 Å². The topological polar surface area (TPSA) is 49.4 Å². The van der Waals surface area contributed by atoms with Crippen molar-refractivity contribution in [3.63, 3.8) is 0 Å². The fraction of sp³-hybridized carbons (Fsp3) is 0.867. The fourth-order valence-electron chi connectivity index (χ4n) is 3.73. The lowest BCUT2D eigenvalue weighted by Crippen LogP contribution is -2.58. The molecule has 20 heavy (non-hydrogen) atoms. The average molecular weight is 296 g/mol. The van der Waals surface area contributed by atoms with Gasteiger partial charge in [0, 0.05) is 24.8 Å². The van der Waals surface area contributed by atoms with E-state index < -0.39 is 5.54 Å². The SMILES string of the molecule is O=C1CCN(CC2CCCS2)C(=O)C2(CCCCC2)N1. The fourth-order valence-corrected chi connectivity index (χ4v) is 5.01. The summed E-state index contributed by atoms with van der Waals surface area (Å²) in [5.74, 6) is 1.46. The van der Waals surface area contributed by atoms with Crippen molar-refractivity contribution in [2.24, 2.45) is 0 Å². The molecule has 2 amide bonds. The van der Waals surface area contributed by atoms with Crippen LogP contribution < -0.4 is 5.32 Å². The molecule has 2 aliphatic heterocycles. The van der Waals surface area contributed by atoms with E-state index in [1.807, 2.05) is 16.7 Å². The summed E-state index contributed by atoms with van der Waals surface area (Å²) in [6, 6.07) is 0. The molecule has 1 N–H and O–H groups in total. The summed E-state index contributed by atoms with van der Waals surface area (Å²) in [7, 11) is 0. The van der Waals surface area contributed by atoms with E-state index in [9.17, 15) is 9.59 Å². The molecular weight excluding hydrogens is 272 g/mol. The van der Waals surface area contributed by atoms with Crippen LogP contribution in [-0.2, 0) is 9.59 Å². The Bertz CT molecular complexity index is 387. The highest BCUT2D eigenvalue weighted by Crippen LogP contribution is 2.33. The number of amides is 2. The molecule has 1 saturated carbocycles. The number of carbonyl (C=O) groups is 2. The molecule has 0 radical (unpaired) electrons. The molecule has 0 aromatic rings. The Labute approximate surface area is 125 Å². The third-order valence-electron chi connectivity index (χ3n) is 4.84. The minimum absolute atomic E-state index is 0.0572. The molecule has 2 saturated heterocycles. The van der Waals surface area contributed by atoms with Crippen molar-refractivity contribution >= 4 is 23.6 Å². The van der Waals surface area contributed by atoms with Gasteiger partial charge in [-0.05, 0) is 31.4 Å². The van der Waals surface area contributed by atoms with E-state index in [1.54, 1.807) is 0 Å². The van der Waals surface area contributed by atoms with Gasteiger partial charge < -0.3 is 10.2 Å². The smallest absolute Gasteiger partial charge is 0.248 e. The maximum absolute atomic E-state index is 13.0. The number of carbonyl (C=O) groups excluding carboxylic acids is 2. The number of hydrogen-bond donors (Lipinski definition) is 1. The molecule has 112 valence electrons. The van der Waals surface area contributed by atoms with Crippen molar-refractivity contribution < 1.29 is 9.59 Å². The van der Waals surface area contributed by atoms with Crippen LogP contribution in [0.3, 0.4) is 0 Å². The second-order valence-electron chi connectivity index (χ2n) is 6.33. The number of rotatable bonds is 2. The molecule has 0 aromatic heterocycles. The van der Waals surface area contributed by atoms with Crippen LogP contribution in [0.5, 0.6) is 0 Å². The van der Waals surface area contributed by atoms with Gasteiger partial charge >= 0.3 is 0 Å². The summed E-state index contributed by atoms with van der Waals surface area (Å²) in [6.07, 6.45) is 7.88. The largest absolute Gasteiger partial charge is 0.342 e. The number of nitrogens with zero attached hydrogens (tertiary/aromatic N) is 1. The van der Waals surface area contributed by atoms with E-state index in [0.717, 1.165) is 32.2 Å². The minimum Gasteiger partial charge on any atom is -0.342 e. The quantitative estimate of drug-likeness (QED) is 0.847. The van der Waals surface area contributed by atoms with Crippen molar-refractivity contribution in [2.45, 2.75) is 62.2 Å². The molecule has 0 bridgehead atoms. The zero-order valence-electron chi connectivity index (χ0n) is 12.0. The summed E-state index contributed by atoms with van der Waals surface area (Å²) in [5, 5.41) is 3.64. The van der Waals surface area contributed by atoms with E-state index in [2.05, 4.69) is 5.32 Å². The maximum atomic E-state index is 13.0. The van der Waals surface area contributed by atoms with Gasteiger partial charge in [-0.15, -0.1) is 0 Å². The molecule has 5 heteroatoms. The first-order chi connectivity index (χ1) is 9.70. The first-order valence-corrected chi connectivity index (χ1v) is 8.96. The Morgan fingerprint density at radius 1 is 1.20 bits per heavy atom. The highest BCUT2D eigenvalue weighted by molar-refractivity contribution is 8.00. The van der Waals surface area contributed by atoms with E-state index in [-0.39, 0.29) is 11.8 Å². The minimum atomic E-state index is -0.574. The van der Waals surface area contributed by atoms with E-state index in [1.165, 1.54) is 25.0 Å². The van der Waals surface area contributed by atoms with Crippen molar-refractivity contribution in [2.75, 3.05) is 18.8 Å². The second kappa shape index (κ2) is 5.96. The maximum Gasteiger partial charge on any atom is 0.248 e. The van der Waals surface area contributed by atoms with Gasteiger partial charge in [0.05, 0.1) is 0 Å². The van der Waals surface area contributed by atoms with Crippen molar-refractivity contribution in [3.8, 4) is 0 Å². The Kier molecular flexibility index (Phi) is 4.24. The van der Waals surface area contributed by atoms with Crippen LogP contribution in [0, 0.1) is 0 Å². The summed E-state index contributed by atoms with van der Waals surface area (Å²) < 4.78 is 0. The zero-order valence-corrected chi connectivity index (χ0v) is 12.8. The van der Waals surface area contributed by atoms with E-state index in [0.29, 0.717) is 18.2 Å². The van der Waals surface area contributed by atoms with Crippen LogP contribution >= 0.6 is 11.8 Å². The van der Waals surface area contributed by atoms with Crippen LogP contribution in [0.25, 0.3) is 0 Å². The first kappa shape index (κ1) is 14.2. The Balaban J connectivity index is 1.75. The van der Waals surface area contributed by atoms with Crippen LogP contribution in [-0.4, -0.2) is 46.3 Å². The van der Waals surface area contributed by atoms with Crippen LogP contribution in [0.1, 0.15) is 51.4 Å². The number of thioether (sulfide) groups is 1. The predicted molar refractivity (Wildman–Crippen MR) is 80.6 cm³/mol. The third kappa shape index (κ3) is 2.83. The molecule has 1 unspecified atom stereocenters. The second-order valence-corrected chi connectivity index (χ2v) is 7.74. The molecule has 3 rings (SSSR count). The zero-order chi connectivity index (χ0) is 14.0. The third-order valence-corrected chi connectivity index (χ3v) is 6.22. The first-order valence-electron chi connectivity index (χ1n) is 7.92. The Hall–Kier alpha value is -0.710. The van der Waals surface area contributed by atoms with E-state index in [4.69, 9.17) is 0 Å². The normalized spacial score (nSPS) is 30.4. The molecular formula is C15H24N2O2S. The average Bonchev–Trinajstić information content (AvgIpc) is 2.93. The summed E-state index contributed by atoms with van der Waals surface area (Å²) in [4.78, 5) is 26.9. The van der Waals surface area contributed by atoms with Gasteiger partial charge in [-0.1, -0.05) is 19.3 Å². The lowest BCUT2D eigenvalue weighted by Gasteiger charge is -2.38. The highest BCUT2D eigenvalue weighted by atomic mass is 32.2. The van der Waals surface area contributed by atoms with Gasteiger partial charge in [0.25, 0.3) is 0 Å². The van der Waals surface area contributed by atoms with Crippen molar-refractivity contribution in [1.29, 1.82) is 0 Å². The van der Waals surface area contributed by atoms with Crippen LogP contribution in [0.2, 0.25) is 0 Å². The summed E-state index contributed by atoms with van der Waals surface area (Å²) in [6.45, 7) is 1.43. The molecule has 1 spiro atoms. The van der Waals surface area contributed by atoms with Crippen molar-refractivity contribution in [3.05, 3.63) is 0 Å². The Morgan fingerprint density at radius 3 is 2.70 bits per heavy atom. The molecule has 1 atom stereocenters. The molecule has 1 aliphatic carbocycles. The van der Waals surface area contributed by atoms with Gasteiger partial charge in [-0.3, -0.25) is 9.59 Å². The molecule has 3 fully saturated rings. The molecule has 2 heterocycles. The molecule has 3 aliphatic rings. The van der Waals surface area contributed by atoms with Gasteiger partial charge in [-0.2, -0.15) is 11.8 Å². The monoisotopic (exact) mass is 296 g/mol. The van der Waals surface area contributed by atoms with Crippen molar-refractivity contribution in [1.82, 2.24) is 10.2 Å². The lowest BCUT2D eigenvalue weighted by atomic mass is 9.80. The highest BCUT2D eigenvalue weighted by Gasteiger charge is 2.45. The van der Waals surface area contributed by atoms with Gasteiger partial charge in [0.1, 0.15) is 5.54 Å². The summed E-state index contributed by atoms with van der Waals surface area (Å²) in [5.41, 5.74) is -0.574. The lowest BCUT2D eigenvalue weighted by molar-refractivity contribution is -0.140. The van der Waals surface area contributed by atoms with Gasteiger partial charge in [-0.25, -0.2) is 0 Å². The number of nitrogens with one attached hydrogen (secondary N) is 1.